The van der Waals surface area contributed by atoms with Crippen molar-refractivity contribution in [3.05, 3.63) is 35.4 Å². The maximum absolute atomic E-state index is 12.6. The second-order valence-corrected chi connectivity index (χ2v) is 4.52. The highest BCUT2D eigenvalue weighted by Gasteiger charge is 2.48. The van der Waals surface area contributed by atoms with Crippen molar-refractivity contribution < 1.29 is 18.3 Å². The van der Waals surface area contributed by atoms with Gasteiger partial charge in [-0.05, 0) is 35.6 Å². The number of aliphatic hydroxyl groups excluding tert-OH is 1. The van der Waals surface area contributed by atoms with E-state index in [1.54, 1.807) is 12.1 Å². The van der Waals surface area contributed by atoms with E-state index >= 15 is 0 Å². The van der Waals surface area contributed by atoms with Crippen LogP contribution in [0, 0.1) is 11.3 Å². The van der Waals surface area contributed by atoms with Crippen molar-refractivity contribution in [2.75, 3.05) is 0 Å². The van der Waals surface area contributed by atoms with Gasteiger partial charge in [-0.3, -0.25) is 0 Å². The van der Waals surface area contributed by atoms with E-state index < -0.39 is 17.7 Å². The minimum atomic E-state index is -4.68. The molecule has 1 fully saturated rings. The van der Waals surface area contributed by atoms with E-state index in [0.29, 0.717) is 18.4 Å². The first-order valence-corrected chi connectivity index (χ1v) is 5.75. The van der Waals surface area contributed by atoms with Gasteiger partial charge in [0.25, 0.3) is 0 Å². The fourth-order valence-corrected chi connectivity index (χ4v) is 2.21. The van der Waals surface area contributed by atoms with Crippen molar-refractivity contribution in [2.24, 2.45) is 0 Å². The van der Waals surface area contributed by atoms with Gasteiger partial charge in [0.2, 0.25) is 0 Å². The van der Waals surface area contributed by atoms with Gasteiger partial charge in [0, 0.05) is 5.38 Å². The van der Waals surface area contributed by atoms with Crippen molar-refractivity contribution >= 4 is 11.6 Å². The van der Waals surface area contributed by atoms with Crippen LogP contribution in [0.5, 0.6) is 0 Å². The molecule has 0 radical (unpaired) electrons. The smallest absolute Gasteiger partial charge is 0.379 e. The van der Waals surface area contributed by atoms with E-state index in [-0.39, 0.29) is 5.56 Å². The Labute approximate surface area is 108 Å². The zero-order valence-electron chi connectivity index (χ0n) is 9.26. The second-order valence-electron chi connectivity index (χ2n) is 4.33. The molecule has 2 rings (SSSR count). The molecule has 5 heteroatoms. The highest BCUT2D eigenvalue weighted by Crippen LogP contribution is 2.51. The fraction of sp³-hybridized carbons (Fsp3) is 0.385. The standard InChI is InChI=1S/C13H10ClF3O/c14-8-7-12(5-6-12)10-4-2-1-3-9(10)11(18)13(15,16)17/h1-4,11,18H,5-6H2. The van der Waals surface area contributed by atoms with E-state index in [9.17, 15) is 18.3 Å². The lowest BCUT2D eigenvalue weighted by Gasteiger charge is -2.20. The average Bonchev–Trinajstić information content (AvgIpc) is 3.08. The van der Waals surface area contributed by atoms with Crippen LogP contribution < -0.4 is 0 Å². The van der Waals surface area contributed by atoms with Crippen LogP contribution in [0.25, 0.3) is 0 Å². The number of hydrogen-bond acceptors (Lipinski definition) is 1. The zero-order chi connectivity index (χ0) is 13.4. The molecule has 1 N–H and O–H groups in total. The molecule has 0 aliphatic heterocycles. The molecule has 1 unspecified atom stereocenters. The summed E-state index contributed by atoms with van der Waals surface area (Å²) in [5.74, 6) is 2.73. The first kappa shape index (κ1) is 13.3. The highest BCUT2D eigenvalue weighted by molar-refractivity contribution is 6.30. The van der Waals surface area contributed by atoms with Gasteiger partial charge < -0.3 is 5.11 Å². The van der Waals surface area contributed by atoms with Crippen LogP contribution in [0.15, 0.2) is 24.3 Å². The van der Waals surface area contributed by atoms with Crippen molar-refractivity contribution in [3.8, 4) is 11.3 Å². The van der Waals surface area contributed by atoms with Crippen molar-refractivity contribution in [1.82, 2.24) is 0 Å². The molecule has 1 aromatic rings. The van der Waals surface area contributed by atoms with E-state index in [0.717, 1.165) is 0 Å². The summed E-state index contributed by atoms with van der Waals surface area (Å²) in [5, 5.41) is 11.6. The molecule has 0 bridgehead atoms. The summed E-state index contributed by atoms with van der Waals surface area (Å²) in [4.78, 5) is 0. The van der Waals surface area contributed by atoms with E-state index in [4.69, 9.17) is 11.6 Å². The van der Waals surface area contributed by atoms with Gasteiger partial charge in [0.05, 0.1) is 5.41 Å². The van der Waals surface area contributed by atoms with Gasteiger partial charge in [0.1, 0.15) is 0 Å². The lowest BCUT2D eigenvalue weighted by Crippen LogP contribution is -2.23. The predicted octanol–water partition coefficient (Wildman–Crippen LogP) is 3.51. The van der Waals surface area contributed by atoms with Crippen molar-refractivity contribution in [2.45, 2.75) is 30.5 Å². The predicted molar refractivity (Wildman–Crippen MR) is 62.0 cm³/mol. The largest absolute Gasteiger partial charge is 0.418 e. The summed E-state index contributed by atoms with van der Waals surface area (Å²) in [6.45, 7) is 0. The third-order valence-electron chi connectivity index (χ3n) is 3.12. The van der Waals surface area contributed by atoms with Crippen molar-refractivity contribution in [1.29, 1.82) is 0 Å². The van der Waals surface area contributed by atoms with Crippen LogP contribution in [-0.2, 0) is 5.41 Å². The minimum Gasteiger partial charge on any atom is -0.379 e. The van der Waals surface area contributed by atoms with Crippen LogP contribution in [0.4, 0.5) is 13.2 Å². The first-order chi connectivity index (χ1) is 8.41. The maximum Gasteiger partial charge on any atom is 0.418 e. The Bertz CT molecular complexity index is 509. The van der Waals surface area contributed by atoms with Crippen LogP contribution >= 0.6 is 11.6 Å². The summed E-state index contributed by atoms with van der Waals surface area (Å²) >= 11 is 5.35. The van der Waals surface area contributed by atoms with Crippen LogP contribution in [0.1, 0.15) is 30.1 Å². The molecule has 0 spiro atoms. The van der Waals surface area contributed by atoms with Crippen LogP contribution in [0.2, 0.25) is 0 Å². The van der Waals surface area contributed by atoms with Gasteiger partial charge >= 0.3 is 6.18 Å². The molecule has 0 aromatic heterocycles. The number of halogens is 4. The monoisotopic (exact) mass is 274 g/mol. The molecular weight excluding hydrogens is 265 g/mol. The lowest BCUT2D eigenvalue weighted by atomic mass is 9.89. The first-order valence-electron chi connectivity index (χ1n) is 5.38. The Hall–Kier alpha value is -1.18. The Morgan fingerprint density at radius 1 is 1.28 bits per heavy atom. The maximum atomic E-state index is 12.6. The van der Waals surface area contributed by atoms with Crippen molar-refractivity contribution in [3.63, 3.8) is 0 Å². The molecular formula is C13H10ClF3O. The Kier molecular flexibility index (Phi) is 3.31. The number of alkyl halides is 3. The summed E-state index contributed by atoms with van der Waals surface area (Å²) < 4.78 is 37.8. The highest BCUT2D eigenvalue weighted by atomic mass is 35.5. The summed E-state index contributed by atoms with van der Waals surface area (Å²) in [5.41, 5.74) is -0.338. The second kappa shape index (κ2) is 4.49. The van der Waals surface area contributed by atoms with Gasteiger partial charge in [-0.2, -0.15) is 13.2 Å². The lowest BCUT2D eigenvalue weighted by molar-refractivity contribution is -0.207. The fourth-order valence-electron chi connectivity index (χ4n) is 2.02. The molecule has 1 saturated carbocycles. The third-order valence-corrected chi connectivity index (χ3v) is 3.21. The molecule has 1 atom stereocenters. The molecule has 1 aromatic carbocycles. The zero-order valence-corrected chi connectivity index (χ0v) is 10.0. The van der Waals surface area contributed by atoms with E-state index in [1.165, 1.54) is 12.1 Å². The molecule has 1 aliphatic carbocycles. The summed E-state index contributed by atoms with van der Waals surface area (Å²) in [6.07, 6.45) is -5.84. The third kappa shape index (κ3) is 2.33. The Morgan fingerprint density at radius 2 is 1.89 bits per heavy atom. The number of benzene rings is 1. The number of rotatable bonds is 2. The number of hydrogen-bond donors (Lipinski definition) is 1. The SMILES string of the molecule is OC(c1ccccc1C1(C#CCl)CC1)C(F)(F)F. The molecule has 0 heterocycles. The van der Waals surface area contributed by atoms with Gasteiger partial charge in [0.15, 0.2) is 6.10 Å². The Balaban J connectivity index is 2.47. The van der Waals surface area contributed by atoms with Gasteiger partial charge in [-0.25, -0.2) is 0 Å². The van der Waals surface area contributed by atoms with Gasteiger partial charge in [-0.15, -0.1) is 0 Å². The number of aliphatic hydroxyl groups is 1. The normalized spacial score (nSPS) is 18.7. The van der Waals surface area contributed by atoms with E-state index in [1.807, 2.05) is 0 Å². The van der Waals surface area contributed by atoms with Gasteiger partial charge in [-0.1, -0.05) is 30.2 Å². The Morgan fingerprint density at radius 3 is 2.39 bits per heavy atom. The topological polar surface area (TPSA) is 20.2 Å². The molecule has 0 saturated heterocycles. The molecule has 1 aliphatic rings. The van der Waals surface area contributed by atoms with Crippen LogP contribution in [-0.4, -0.2) is 11.3 Å². The minimum absolute atomic E-state index is 0.137. The molecule has 1 nitrogen and oxygen atoms in total. The van der Waals surface area contributed by atoms with E-state index in [2.05, 4.69) is 11.3 Å². The summed E-state index contributed by atoms with van der Waals surface area (Å²) in [6, 6.07) is 5.96. The molecule has 0 amide bonds. The quantitative estimate of drug-likeness (QED) is 0.818. The van der Waals surface area contributed by atoms with Crippen LogP contribution in [0.3, 0.4) is 0 Å². The molecule has 96 valence electrons. The molecule has 18 heavy (non-hydrogen) atoms. The average molecular weight is 275 g/mol. The summed E-state index contributed by atoms with van der Waals surface area (Å²) in [7, 11) is 0.